The highest BCUT2D eigenvalue weighted by atomic mass is 16.2. The molecule has 0 radical (unpaired) electrons. The van der Waals surface area contributed by atoms with Gasteiger partial charge in [-0.15, -0.1) is 0 Å². The van der Waals surface area contributed by atoms with Crippen LogP contribution in [0.1, 0.15) is 23.9 Å². The van der Waals surface area contributed by atoms with Crippen LogP contribution in [0, 0.1) is 13.8 Å². The Hall–Kier alpha value is -2.37. The van der Waals surface area contributed by atoms with Crippen molar-refractivity contribution < 1.29 is 4.79 Å². The van der Waals surface area contributed by atoms with E-state index in [-0.39, 0.29) is 18.5 Å². The van der Waals surface area contributed by atoms with Gasteiger partial charge in [-0.2, -0.15) is 5.10 Å². The van der Waals surface area contributed by atoms with Gasteiger partial charge in [0.2, 0.25) is 5.91 Å². The Balaban J connectivity index is 2.01. The first-order valence-corrected chi connectivity index (χ1v) is 7.34. The van der Waals surface area contributed by atoms with E-state index < -0.39 is 0 Å². The molecular weight excluding hydrogens is 278 g/mol. The van der Waals surface area contributed by atoms with E-state index in [0.717, 1.165) is 23.4 Å². The third kappa shape index (κ3) is 3.63. The topological polar surface area (TPSA) is 77.0 Å². The fourth-order valence-electron chi connectivity index (χ4n) is 2.33. The molecule has 0 saturated carbocycles. The number of anilines is 1. The van der Waals surface area contributed by atoms with Gasteiger partial charge in [0.25, 0.3) is 0 Å². The fraction of sp³-hybridized carbons (Fsp3) is 0.438. The lowest BCUT2D eigenvalue weighted by atomic mass is 10.1. The van der Waals surface area contributed by atoms with Gasteiger partial charge in [-0.25, -0.2) is 4.68 Å². The Morgan fingerprint density at radius 3 is 2.77 bits per heavy atom. The standard InChI is InChI=1S/C16H23N5O/c1-11-6-5-7-18-14(11)9-13(3)20(4)16(22)10-21-15(17)8-12(2)19-21/h5-8,13H,9-10,17H2,1-4H3/t13-/m1/s1. The average molecular weight is 301 g/mol. The molecule has 2 aromatic heterocycles. The summed E-state index contributed by atoms with van der Waals surface area (Å²) in [6, 6.07) is 5.76. The molecule has 118 valence electrons. The van der Waals surface area contributed by atoms with E-state index in [4.69, 9.17) is 5.73 Å². The summed E-state index contributed by atoms with van der Waals surface area (Å²) in [5, 5.41) is 4.22. The molecule has 0 aliphatic rings. The van der Waals surface area contributed by atoms with Gasteiger partial charge in [-0.3, -0.25) is 9.78 Å². The number of nitrogen functional groups attached to an aromatic ring is 1. The number of carbonyl (C=O) groups is 1. The summed E-state index contributed by atoms with van der Waals surface area (Å²) in [5.74, 6) is 0.489. The van der Waals surface area contributed by atoms with Gasteiger partial charge < -0.3 is 10.6 Å². The van der Waals surface area contributed by atoms with Crippen molar-refractivity contribution in [3.63, 3.8) is 0 Å². The van der Waals surface area contributed by atoms with Crippen LogP contribution in [0.15, 0.2) is 24.4 Å². The van der Waals surface area contributed by atoms with E-state index >= 15 is 0 Å². The fourth-order valence-corrected chi connectivity index (χ4v) is 2.33. The Bertz CT molecular complexity index is 664. The molecule has 6 nitrogen and oxygen atoms in total. The minimum absolute atomic E-state index is 0.0177. The van der Waals surface area contributed by atoms with Crippen LogP contribution < -0.4 is 5.73 Å². The van der Waals surface area contributed by atoms with E-state index in [0.29, 0.717) is 5.82 Å². The molecule has 22 heavy (non-hydrogen) atoms. The molecule has 0 fully saturated rings. The van der Waals surface area contributed by atoms with Crippen LogP contribution in [0.3, 0.4) is 0 Å². The first-order chi connectivity index (χ1) is 10.4. The number of pyridine rings is 1. The maximum atomic E-state index is 12.4. The molecule has 2 rings (SSSR count). The smallest absolute Gasteiger partial charge is 0.244 e. The lowest BCUT2D eigenvalue weighted by molar-refractivity contribution is -0.132. The SMILES string of the molecule is Cc1cc(N)n(CC(=O)N(C)[C@H](C)Cc2ncccc2C)n1. The van der Waals surface area contributed by atoms with Crippen molar-refractivity contribution in [2.75, 3.05) is 12.8 Å². The minimum atomic E-state index is -0.0177. The minimum Gasteiger partial charge on any atom is -0.384 e. The van der Waals surface area contributed by atoms with Gasteiger partial charge >= 0.3 is 0 Å². The van der Waals surface area contributed by atoms with Gasteiger partial charge in [0.1, 0.15) is 12.4 Å². The number of likely N-dealkylation sites (N-methyl/N-ethyl adjacent to an activating group) is 1. The molecule has 2 heterocycles. The summed E-state index contributed by atoms with van der Waals surface area (Å²) in [6.45, 7) is 6.06. The summed E-state index contributed by atoms with van der Waals surface area (Å²) in [4.78, 5) is 18.5. The first kappa shape index (κ1) is 16.0. The van der Waals surface area contributed by atoms with Crippen molar-refractivity contribution in [3.8, 4) is 0 Å². The van der Waals surface area contributed by atoms with E-state index in [1.165, 1.54) is 4.68 Å². The first-order valence-electron chi connectivity index (χ1n) is 7.34. The summed E-state index contributed by atoms with van der Waals surface area (Å²) < 4.78 is 1.53. The highest BCUT2D eigenvalue weighted by Crippen LogP contribution is 2.11. The summed E-state index contributed by atoms with van der Waals surface area (Å²) in [5.41, 5.74) is 8.80. The monoisotopic (exact) mass is 301 g/mol. The number of aromatic nitrogens is 3. The molecule has 0 spiro atoms. The van der Waals surface area contributed by atoms with Gasteiger partial charge in [0.15, 0.2) is 0 Å². The number of rotatable bonds is 5. The second kappa shape index (κ2) is 6.60. The molecule has 0 aromatic carbocycles. The predicted octanol–water partition coefficient (Wildman–Crippen LogP) is 1.57. The largest absolute Gasteiger partial charge is 0.384 e. The second-order valence-corrected chi connectivity index (χ2v) is 5.69. The number of amides is 1. The van der Waals surface area contributed by atoms with Gasteiger partial charge in [-0.1, -0.05) is 6.07 Å². The highest BCUT2D eigenvalue weighted by molar-refractivity contribution is 5.76. The maximum absolute atomic E-state index is 12.4. The maximum Gasteiger partial charge on any atom is 0.244 e. The van der Waals surface area contributed by atoms with Crippen LogP contribution in [0.2, 0.25) is 0 Å². The number of nitrogens with zero attached hydrogens (tertiary/aromatic N) is 4. The molecule has 1 amide bonds. The molecular formula is C16H23N5O. The quantitative estimate of drug-likeness (QED) is 0.909. The second-order valence-electron chi connectivity index (χ2n) is 5.69. The zero-order chi connectivity index (χ0) is 16.3. The third-order valence-electron chi connectivity index (χ3n) is 3.88. The number of aryl methyl sites for hydroxylation is 2. The van der Waals surface area contributed by atoms with Crippen LogP contribution in [-0.4, -0.2) is 38.7 Å². The van der Waals surface area contributed by atoms with Crippen LogP contribution in [0.25, 0.3) is 0 Å². The molecule has 0 bridgehead atoms. The molecule has 0 aliphatic heterocycles. The van der Waals surface area contributed by atoms with E-state index in [1.54, 1.807) is 24.2 Å². The average Bonchev–Trinajstić information content (AvgIpc) is 2.78. The van der Waals surface area contributed by atoms with E-state index in [2.05, 4.69) is 10.1 Å². The molecule has 0 aliphatic carbocycles. The summed E-state index contributed by atoms with van der Waals surface area (Å²) in [7, 11) is 1.80. The number of hydrogen-bond acceptors (Lipinski definition) is 4. The Kier molecular flexibility index (Phi) is 4.80. The van der Waals surface area contributed by atoms with Crippen LogP contribution >= 0.6 is 0 Å². The van der Waals surface area contributed by atoms with Crippen molar-refractivity contribution in [3.05, 3.63) is 41.3 Å². The molecule has 1 atom stereocenters. The zero-order valence-electron chi connectivity index (χ0n) is 13.6. The van der Waals surface area contributed by atoms with Crippen LogP contribution in [0.4, 0.5) is 5.82 Å². The number of carbonyl (C=O) groups excluding carboxylic acids is 1. The Morgan fingerprint density at radius 1 is 1.45 bits per heavy atom. The van der Waals surface area contributed by atoms with Gasteiger partial charge in [0.05, 0.1) is 5.69 Å². The Labute approximate surface area is 130 Å². The molecule has 2 aromatic rings. The lowest BCUT2D eigenvalue weighted by Crippen LogP contribution is -2.39. The van der Waals surface area contributed by atoms with Crippen molar-refractivity contribution in [2.24, 2.45) is 0 Å². The number of nitrogens with two attached hydrogens (primary N) is 1. The third-order valence-corrected chi connectivity index (χ3v) is 3.88. The van der Waals surface area contributed by atoms with Crippen LogP contribution in [-0.2, 0) is 17.8 Å². The Morgan fingerprint density at radius 2 is 2.18 bits per heavy atom. The van der Waals surface area contributed by atoms with Crippen molar-refractivity contribution in [1.29, 1.82) is 0 Å². The van der Waals surface area contributed by atoms with Crippen molar-refractivity contribution in [2.45, 2.75) is 39.8 Å². The zero-order valence-corrected chi connectivity index (χ0v) is 13.6. The molecule has 0 saturated heterocycles. The number of hydrogen-bond donors (Lipinski definition) is 1. The molecule has 0 unspecified atom stereocenters. The van der Waals surface area contributed by atoms with Crippen molar-refractivity contribution >= 4 is 11.7 Å². The summed E-state index contributed by atoms with van der Waals surface area (Å²) in [6.07, 6.45) is 2.51. The summed E-state index contributed by atoms with van der Waals surface area (Å²) >= 11 is 0. The van der Waals surface area contributed by atoms with E-state index in [1.807, 2.05) is 32.9 Å². The van der Waals surface area contributed by atoms with Gasteiger partial charge in [-0.05, 0) is 32.4 Å². The lowest BCUT2D eigenvalue weighted by Gasteiger charge is -2.25. The molecule has 6 heteroatoms. The molecule has 2 N–H and O–H groups in total. The van der Waals surface area contributed by atoms with Gasteiger partial charge in [0, 0.05) is 37.5 Å². The highest BCUT2D eigenvalue weighted by Gasteiger charge is 2.18. The van der Waals surface area contributed by atoms with E-state index in [9.17, 15) is 4.79 Å². The predicted molar refractivity (Wildman–Crippen MR) is 86.3 cm³/mol. The van der Waals surface area contributed by atoms with Crippen LogP contribution in [0.5, 0.6) is 0 Å². The normalized spacial score (nSPS) is 12.2. The van der Waals surface area contributed by atoms with Crippen molar-refractivity contribution in [1.82, 2.24) is 19.7 Å².